The van der Waals surface area contributed by atoms with Crippen molar-refractivity contribution in [1.82, 2.24) is 0 Å². The lowest BCUT2D eigenvalue weighted by Crippen LogP contribution is -2.29. The number of hydrogen-bond acceptors (Lipinski definition) is 2. The molecule has 0 spiro atoms. The number of benzene rings is 2. The van der Waals surface area contributed by atoms with Gasteiger partial charge >= 0.3 is 0 Å². The predicted octanol–water partition coefficient (Wildman–Crippen LogP) is 3.69. The lowest BCUT2D eigenvalue weighted by Gasteiger charge is -2.18. The minimum atomic E-state index is -0.489. The lowest BCUT2D eigenvalue weighted by molar-refractivity contribution is -0.122. The van der Waals surface area contributed by atoms with Gasteiger partial charge in [-0.05, 0) is 36.6 Å². The van der Waals surface area contributed by atoms with Crippen LogP contribution in [0.1, 0.15) is 24.5 Å². The fourth-order valence-corrected chi connectivity index (χ4v) is 3.21. The van der Waals surface area contributed by atoms with Gasteiger partial charge in [-0.2, -0.15) is 0 Å². The maximum Gasteiger partial charge on any atom is 0.229 e. The molecule has 2 aromatic carbocycles. The number of rotatable bonds is 4. The number of nitrogens with zero attached hydrogens (tertiary/aromatic N) is 1. The van der Waals surface area contributed by atoms with Crippen LogP contribution in [0.2, 0.25) is 0 Å². The highest BCUT2D eigenvalue weighted by atomic mass is 19.1. The summed E-state index contributed by atoms with van der Waals surface area (Å²) in [5.41, 5.74) is 3.09. The Morgan fingerprint density at radius 1 is 1.24 bits per heavy atom. The number of carbonyl (C=O) groups is 2. The third-order valence-corrected chi connectivity index (χ3v) is 4.63. The van der Waals surface area contributed by atoms with Gasteiger partial charge in [-0.3, -0.25) is 9.59 Å². The van der Waals surface area contributed by atoms with E-state index < -0.39 is 11.7 Å². The summed E-state index contributed by atoms with van der Waals surface area (Å²) in [5, 5.41) is 2.97. The van der Waals surface area contributed by atoms with Crippen LogP contribution in [0.3, 0.4) is 0 Å². The largest absolute Gasteiger partial charge is 0.325 e. The van der Waals surface area contributed by atoms with Crippen LogP contribution in [0, 0.1) is 18.7 Å². The molecule has 3 rings (SSSR count). The zero-order chi connectivity index (χ0) is 18.0. The molecular weight excluding hydrogens is 319 g/mol. The van der Waals surface area contributed by atoms with Crippen LogP contribution in [0.5, 0.6) is 0 Å². The quantitative estimate of drug-likeness (QED) is 0.923. The summed E-state index contributed by atoms with van der Waals surface area (Å²) >= 11 is 0. The highest BCUT2D eigenvalue weighted by molar-refractivity contribution is 6.04. The Bertz CT molecular complexity index is 819. The topological polar surface area (TPSA) is 49.4 Å². The molecule has 1 aliphatic rings. The second-order valence-electron chi connectivity index (χ2n) is 6.31. The van der Waals surface area contributed by atoms with E-state index in [1.54, 1.807) is 18.2 Å². The summed E-state index contributed by atoms with van der Waals surface area (Å²) in [6.07, 6.45) is 0.899. The fourth-order valence-electron chi connectivity index (χ4n) is 3.21. The molecule has 2 aromatic rings. The Morgan fingerprint density at radius 3 is 2.72 bits per heavy atom. The van der Waals surface area contributed by atoms with Gasteiger partial charge < -0.3 is 10.2 Å². The first-order valence-electron chi connectivity index (χ1n) is 8.45. The molecule has 25 heavy (non-hydrogen) atoms. The van der Waals surface area contributed by atoms with Gasteiger partial charge in [-0.25, -0.2) is 4.39 Å². The normalized spacial score (nSPS) is 17.0. The summed E-state index contributed by atoms with van der Waals surface area (Å²) in [6, 6.07) is 12.0. The number of anilines is 2. The molecule has 1 fully saturated rings. The minimum Gasteiger partial charge on any atom is -0.325 e. The molecule has 0 aromatic heterocycles. The van der Waals surface area contributed by atoms with Gasteiger partial charge in [-0.1, -0.05) is 37.3 Å². The number of para-hydroxylation sites is 2. The Labute approximate surface area is 146 Å². The van der Waals surface area contributed by atoms with Crippen molar-refractivity contribution >= 4 is 23.2 Å². The molecular formula is C20H21FN2O2. The molecule has 4 nitrogen and oxygen atoms in total. The molecule has 1 N–H and O–H groups in total. The van der Waals surface area contributed by atoms with Crippen molar-refractivity contribution in [3.8, 4) is 0 Å². The van der Waals surface area contributed by atoms with E-state index in [9.17, 15) is 14.0 Å². The first-order chi connectivity index (χ1) is 12.0. The van der Waals surface area contributed by atoms with E-state index in [2.05, 4.69) is 5.32 Å². The highest BCUT2D eigenvalue weighted by Crippen LogP contribution is 2.29. The van der Waals surface area contributed by atoms with Gasteiger partial charge in [0.05, 0.1) is 11.6 Å². The molecule has 0 aliphatic carbocycles. The highest BCUT2D eigenvalue weighted by Gasteiger charge is 2.36. The van der Waals surface area contributed by atoms with Gasteiger partial charge in [0.1, 0.15) is 5.82 Å². The molecule has 0 unspecified atom stereocenters. The van der Waals surface area contributed by atoms with E-state index in [1.807, 2.05) is 32.0 Å². The van der Waals surface area contributed by atoms with Crippen molar-refractivity contribution in [3.05, 3.63) is 59.4 Å². The standard InChI is InChI=1S/C20H21FN2O2/c1-3-14-8-6-7-13(2)19(14)22-20(25)15-11-18(24)23(12-15)17-10-5-4-9-16(17)21/h4-10,15H,3,11-12H2,1-2H3,(H,22,25)/t15-/m0/s1. The van der Waals surface area contributed by atoms with Gasteiger partial charge in [0.2, 0.25) is 11.8 Å². The average Bonchev–Trinajstić information content (AvgIpc) is 2.99. The van der Waals surface area contributed by atoms with Crippen LogP contribution in [-0.2, 0) is 16.0 Å². The maximum absolute atomic E-state index is 13.9. The molecule has 5 heteroatoms. The SMILES string of the molecule is CCc1cccc(C)c1NC(=O)[C@H]1CC(=O)N(c2ccccc2F)C1. The van der Waals surface area contributed by atoms with Crippen LogP contribution in [-0.4, -0.2) is 18.4 Å². The first kappa shape index (κ1) is 17.1. The van der Waals surface area contributed by atoms with Crippen molar-refractivity contribution in [1.29, 1.82) is 0 Å². The van der Waals surface area contributed by atoms with E-state index in [-0.39, 0.29) is 30.5 Å². The zero-order valence-corrected chi connectivity index (χ0v) is 14.4. The predicted molar refractivity (Wildman–Crippen MR) is 96.0 cm³/mol. The van der Waals surface area contributed by atoms with Crippen LogP contribution in [0.15, 0.2) is 42.5 Å². The maximum atomic E-state index is 13.9. The zero-order valence-electron chi connectivity index (χ0n) is 14.4. The fraction of sp³-hybridized carbons (Fsp3) is 0.300. The first-order valence-corrected chi connectivity index (χ1v) is 8.45. The molecule has 1 saturated heterocycles. The summed E-state index contributed by atoms with van der Waals surface area (Å²) in [7, 11) is 0. The van der Waals surface area contributed by atoms with Crippen molar-refractivity contribution in [2.45, 2.75) is 26.7 Å². The van der Waals surface area contributed by atoms with Crippen molar-refractivity contribution < 1.29 is 14.0 Å². The molecule has 1 aliphatic heterocycles. The van der Waals surface area contributed by atoms with E-state index in [1.165, 1.54) is 11.0 Å². The number of carbonyl (C=O) groups excluding carboxylic acids is 2. The molecule has 2 amide bonds. The smallest absolute Gasteiger partial charge is 0.229 e. The van der Waals surface area contributed by atoms with Crippen LogP contribution >= 0.6 is 0 Å². The molecule has 1 atom stereocenters. The Balaban J connectivity index is 1.77. The summed E-state index contributed by atoms with van der Waals surface area (Å²) in [4.78, 5) is 26.3. The number of amides is 2. The van der Waals surface area contributed by atoms with E-state index >= 15 is 0 Å². The average molecular weight is 340 g/mol. The van der Waals surface area contributed by atoms with Crippen LogP contribution < -0.4 is 10.2 Å². The van der Waals surface area contributed by atoms with E-state index in [4.69, 9.17) is 0 Å². The van der Waals surface area contributed by atoms with Crippen LogP contribution in [0.4, 0.5) is 15.8 Å². The Morgan fingerprint density at radius 2 is 2.00 bits per heavy atom. The second kappa shape index (κ2) is 7.05. The second-order valence-corrected chi connectivity index (χ2v) is 6.31. The van der Waals surface area contributed by atoms with Gasteiger partial charge in [-0.15, -0.1) is 0 Å². The number of nitrogens with one attached hydrogen (secondary N) is 1. The lowest BCUT2D eigenvalue weighted by atomic mass is 10.0. The molecule has 130 valence electrons. The van der Waals surface area contributed by atoms with E-state index in [0.717, 1.165) is 23.2 Å². The summed E-state index contributed by atoms with van der Waals surface area (Å²) in [5.74, 6) is -1.37. The van der Waals surface area contributed by atoms with Crippen LogP contribution in [0.25, 0.3) is 0 Å². The summed E-state index contributed by atoms with van der Waals surface area (Å²) in [6.45, 7) is 4.17. The third kappa shape index (κ3) is 3.40. The van der Waals surface area contributed by atoms with Gasteiger partial charge in [0.25, 0.3) is 0 Å². The molecule has 0 saturated carbocycles. The monoisotopic (exact) mass is 340 g/mol. The molecule has 0 bridgehead atoms. The van der Waals surface area contributed by atoms with Gasteiger partial charge in [0, 0.05) is 18.7 Å². The van der Waals surface area contributed by atoms with Crippen molar-refractivity contribution in [3.63, 3.8) is 0 Å². The van der Waals surface area contributed by atoms with Crippen molar-refractivity contribution in [2.24, 2.45) is 5.92 Å². The Hall–Kier alpha value is -2.69. The van der Waals surface area contributed by atoms with Gasteiger partial charge in [0.15, 0.2) is 0 Å². The number of aryl methyl sites for hydroxylation is 2. The van der Waals surface area contributed by atoms with E-state index in [0.29, 0.717) is 0 Å². The number of hydrogen-bond donors (Lipinski definition) is 1. The third-order valence-electron chi connectivity index (χ3n) is 4.63. The Kier molecular flexibility index (Phi) is 4.83. The minimum absolute atomic E-state index is 0.0908. The van der Waals surface area contributed by atoms with Crippen molar-refractivity contribution in [2.75, 3.05) is 16.8 Å². The summed E-state index contributed by atoms with van der Waals surface area (Å²) < 4.78 is 13.9. The number of halogens is 1. The molecule has 0 radical (unpaired) electrons. The molecule has 1 heterocycles.